The summed E-state index contributed by atoms with van der Waals surface area (Å²) in [6, 6.07) is 0. The van der Waals surface area contributed by atoms with Gasteiger partial charge in [-0.1, -0.05) is 62.6 Å². The Balaban J connectivity index is 3.26. The quantitative estimate of drug-likeness (QED) is 0.340. The molecule has 19 heavy (non-hydrogen) atoms. The standard InChI is InChI=1S/C18H32O/c1-2-3-4-5-6-7-8-9-10-11-12-13-14-15-16-17-18-19/h6-7,9-10,12-13,19H,2-5,8,11,14-18H2,1H3/b7-6-,10-9-,13-12+. The maximum atomic E-state index is 8.64. The molecule has 110 valence electrons. The first-order valence-corrected chi connectivity index (χ1v) is 7.97. The molecule has 0 rings (SSSR count). The van der Waals surface area contributed by atoms with Gasteiger partial charge in [0.25, 0.3) is 0 Å². The number of aliphatic hydroxyl groups excluding tert-OH is 1. The van der Waals surface area contributed by atoms with Crippen LogP contribution in [0, 0.1) is 0 Å². The largest absolute Gasteiger partial charge is 0.396 e. The lowest BCUT2D eigenvalue weighted by Crippen LogP contribution is -1.81. The summed E-state index contributed by atoms with van der Waals surface area (Å²) < 4.78 is 0. The van der Waals surface area contributed by atoms with Gasteiger partial charge < -0.3 is 5.11 Å². The molecule has 0 aliphatic heterocycles. The van der Waals surface area contributed by atoms with Gasteiger partial charge in [-0.05, 0) is 44.9 Å². The minimum Gasteiger partial charge on any atom is -0.396 e. The normalized spacial score (nSPS) is 12.3. The van der Waals surface area contributed by atoms with Gasteiger partial charge in [-0.3, -0.25) is 0 Å². The lowest BCUT2D eigenvalue weighted by Gasteiger charge is -1.93. The summed E-state index contributed by atoms with van der Waals surface area (Å²) >= 11 is 0. The van der Waals surface area contributed by atoms with Gasteiger partial charge in [0.2, 0.25) is 0 Å². The van der Waals surface area contributed by atoms with Gasteiger partial charge in [-0.15, -0.1) is 0 Å². The van der Waals surface area contributed by atoms with E-state index >= 15 is 0 Å². The lowest BCUT2D eigenvalue weighted by molar-refractivity contribution is 0.283. The molecular weight excluding hydrogens is 232 g/mol. The van der Waals surface area contributed by atoms with E-state index in [0.717, 1.165) is 32.1 Å². The number of aliphatic hydroxyl groups is 1. The zero-order chi connectivity index (χ0) is 14.0. The summed E-state index contributed by atoms with van der Waals surface area (Å²) in [5.74, 6) is 0. The van der Waals surface area contributed by atoms with E-state index in [1.165, 1.54) is 32.1 Å². The van der Waals surface area contributed by atoms with Crippen LogP contribution < -0.4 is 0 Å². The Morgan fingerprint density at radius 1 is 0.632 bits per heavy atom. The summed E-state index contributed by atoms with van der Waals surface area (Å²) in [5.41, 5.74) is 0. The van der Waals surface area contributed by atoms with Crippen molar-refractivity contribution in [3.8, 4) is 0 Å². The molecule has 1 nitrogen and oxygen atoms in total. The highest BCUT2D eigenvalue weighted by Gasteiger charge is 1.84. The maximum absolute atomic E-state index is 8.64. The number of hydrogen-bond donors (Lipinski definition) is 1. The Bertz CT molecular complexity index is 238. The minimum atomic E-state index is 0.332. The van der Waals surface area contributed by atoms with Crippen LogP contribution in [-0.4, -0.2) is 11.7 Å². The van der Waals surface area contributed by atoms with Gasteiger partial charge in [0.1, 0.15) is 0 Å². The molecule has 0 atom stereocenters. The number of rotatable bonds is 13. The molecule has 1 heteroatoms. The monoisotopic (exact) mass is 264 g/mol. The zero-order valence-electron chi connectivity index (χ0n) is 12.7. The maximum Gasteiger partial charge on any atom is 0.0431 e. The van der Waals surface area contributed by atoms with Gasteiger partial charge in [0.15, 0.2) is 0 Å². The van der Waals surface area contributed by atoms with Gasteiger partial charge in [-0.25, -0.2) is 0 Å². The average molecular weight is 264 g/mol. The third-order valence-electron chi connectivity index (χ3n) is 3.05. The van der Waals surface area contributed by atoms with Crippen LogP contribution >= 0.6 is 0 Å². The van der Waals surface area contributed by atoms with Crippen LogP contribution in [0.5, 0.6) is 0 Å². The van der Waals surface area contributed by atoms with E-state index in [1.54, 1.807) is 0 Å². The first kappa shape index (κ1) is 18.2. The van der Waals surface area contributed by atoms with Crippen molar-refractivity contribution in [3.05, 3.63) is 36.5 Å². The molecule has 0 spiro atoms. The second-order valence-electron chi connectivity index (χ2n) is 4.95. The molecule has 0 amide bonds. The van der Waals surface area contributed by atoms with Gasteiger partial charge in [0, 0.05) is 6.61 Å². The fourth-order valence-corrected chi connectivity index (χ4v) is 1.84. The van der Waals surface area contributed by atoms with Crippen molar-refractivity contribution in [1.82, 2.24) is 0 Å². The summed E-state index contributed by atoms with van der Waals surface area (Å²) in [6.07, 6.45) is 25.3. The van der Waals surface area contributed by atoms with Crippen molar-refractivity contribution in [2.75, 3.05) is 6.61 Å². The van der Waals surface area contributed by atoms with Crippen LogP contribution in [0.15, 0.2) is 36.5 Å². The number of unbranched alkanes of at least 4 members (excludes halogenated alkanes) is 6. The molecule has 1 N–H and O–H groups in total. The first-order chi connectivity index (χ1) is 9.41. The predicted octanol–water partition coefficient (Wildman–Crippen LogP) is 5.57. The van der Waals surface area contributed by atoms with Crippen molar-refractivity contribution < 1.29 is 5.11 Å². The van der Waals surface area contributed by atoms with Gasteiger partial charge in [0.05, 0.1) is 0 Å². The summed E-state index contributed by atoms with van der Waals surface area (Å²) in [5, 5.41) is 8.64. The van der Waals surface area contributed by atoms with Crippen LogP contribution in [0.4, 0.5) is 0 Å². The second kappa shape index (κ2) is 17.2. The molecule has 0 radical (unpaired) electrons. The van der Waals surface area contributed by atoms with Crippen LogP contribution in [0.3, 0.4) is 0 Å². The molecule has 0 fully saturated rings. The summed E-state index contributed by atoms with van der Waals surface area (Å²) in [7, 11) is 0. The molecule has 0 bridgehead atoms. The second-order valence-corrected chi connectivity index (χ2v) is 4.95. The fourth-order valence-electron chi connectivity index (χ4n) is 1.84. The molecule has 0 aromatic carbocycles. The van der Waals surface area contributed by atoms with E-state index in [4.69, 9.17) is 5.11 Å². The van der Waals surface area contributed by atoms with E-state index in [1.807, 2.05) is 0 Å². The third kappa shape index (κ3) is 17.2. The van der Waals surface area contributed by atoms with Crippen molar-refractivity contribution in [3.63, 3.8) is 0 Å². The van der Waals surface area contributed by atoms with E-state index in [-0.39, 0.29) is 0 Å². The molecule has 0 saturated carbocycles. The topological polar surface area (TPSA) is 20.2 Å². The van der Waals surface area contributed by atoms with Gasteiger partial charge >= 0.3 is 0 Å². The van der Waals surface area contributed by atoms with Crippen molar-refractivity contribution in [2.45, 2.75) is 71.1 Å². The van der Waals surface area contributed by atoms with Gasteiger partial charge in [-0.2, -0.15) is 0 Å². The summed E-state index contributed by atoms with van der Waals surface area (Å²) in [6.45, 7) is 2.57. The molecule has 0 aliphatic rings. The van der Waals surface area contributed by atoms with Crippen LogP contribution in [0.1, 0.15) is 71.1 Å². The number of hydrogen-bond acceptors (Lipinski definition) is 1. The fraction of sp³-hybridized carbons (Fsp3) is 0.667. The Morgan fingerprint density at radius 3 is 1.68 bits per heavy atom. The van der Waals surface area contributed by atoms with Crippen molar-refractivity contribution >= 4 is 0 Å². The van der Waals surface area contributed by atoms with Crippen molar-refractivity contribution in [2.24, 2.45) is 0 Å². The molecular formula is C18H32O. The highest BCUT2D eigenvalue weighted by atomic mass is 16.2. The van der Waals surface area contributed by atoms with Crippen molar-refractivity contribution in [1.29, 1.82) is 0 Å². The number of allylic oxidation sites excluding steroid dienone is 6. The van der Waals surface area contributed by atoms with E-state index in [2.05, 4.69) is 43.4 Å². The highest BCUT2D eigenvalue weighted by Crippen LogP contribution is 2.02. The Kier molecular flexibility index (Phi) is 16.4. The molecule has 0 heterocycles. The molecule has 0 unspecified atom stereocenters. The molecule has 0 aromatic heterocycles. The van der Waals surface area contributed by atoms with E-state index in [9.17, 15) is 0 Å². The Hall–Kier alpha value is -0.820. The molecule has 0 aromatic rings. The molecule has 0 saturated heterocycles. The molecule has 0 aliphatic carbocycles. The predicted molar refractivity (Wildman–Crippen MR) is 86.3 cm³/mol. The Labute approximate surface area is 120 Å². The summed E-state index contributed by atoms with van der Waals surface area (Å²) in [4.78, 5) is 0. The lowest BCUT2D eigenvalue weighted by atomic mass is 10.2. The Morgan fingerprint density at radius 2 is 1.16 bits per heavy atom. The third-order valence-corrected chi connectivity index (χ3v) is 3.05. The van der Waals surface area contributed by atoms with E-state index in [0.29, 0.717) is 6.61 Å². The SMILES string of the molecule is CCCCC/C=C\C/C=C\C/C=C/CCCCCO. The smallest absolute Gasteiger partial charge is 0.0431 e. The highest BCUT2D eigenvalue weighted by molar-refractivity contribution is 4.97. The average Bonchev–Trinajstić information content (AvgIpc) is 2.43. The van der Waals surface area contributed by atoms with Crippen LogP contribution in [0.25, 0.3) is 0 Å². The van der Waals surface area contributed by atoms with E-state index < -0.39 is 0 Å². The first-order valence-electron chi connectivity index (χ1n) is 7.97. The minimum absolute atomic E-state index is 0.332. The zero-order valence-corrected chi connectivity index (χ0v) is 12.7. The van der Waals surface area contributed by atoms with Crippen LogP contribution in [-0.2, 0) is 0 Å². The van der Waals surface area contributed by atoms with Crippen LogP contribution in [0.2, 0.25) is 0 Å².